The van der Waals surface area contributed by atoms with Crippen LogP contribution in [0.5, 0.6) is 0 Å². The number of para-hydroxylation sites is 1. The molecule has 0 fully saturated rings. The smallest absolute Gasteiger partial charge is 0.330 e. The molecular formula is C13H14INO3. The summed E-state index contributed by atoms with van der Waals surface area (Å²) in [6.07, 6.45) is 1.19. The van der Waals surface area contributed by atoms with Crippen molar-refractivity contribution < 1.29 is 14.3 Å². The van der Waals surface area contributed by atoms with E-state index in [4.69, 9.17) is 0 Å². The largest absolute Gasteiger partial charge is 0.466 e. The maximum Gasteiger partial charge on any atom is 0.330 e. The molecule has 0 heterocycles. The molecule has 1 aromatic carbocycles. The van der Waals surface area contributed by atoms with Crippen molar-refractivity contribution in [2.45, 2.75) is 6.92 Å². The highest BCUT2D eigenvalue weighted by Gasteiger charge is 2.15. The zero-order chi connectivity index (χ0) is 13.7. The summed E-state index contributed by atoms with van der Waals surface area (Å²) in [5.74, 6) is -0.762. The van der Waals surface area contributed by atoms with Crippen molar-refractivity contribution >= 4 is 40.2 Å². The van der Waals surface area contributed by atoms with Crippen LogP contribution in [-0.2, 0) is 14.3 Å². The Morgan fingerprint density at radius 2 is 1.94 bits per heavy atom. The van der Waals surface area contributed by atoms with Crippen molar-refractivity contribution in [3.8, 4) is 0 Å². The maximum atomic E-state index is 12.1. The van der Waals surface area contributed by atoms with Crippen molar-refractivity contribution in [2.75, 3.05) is 19.1 Å². The minimum Gasteiger partial charge on any atom is -0.466 e. The van der Waals surface area contributed by atoms with Gasteiger partial charge < -0.3 is 9.64 Å². The molecule has 0 spiro atoms. The summed E-state index contributed by atoms with van der Waals surface area (Å²) >= 11 is 2.16. The first-order valence-electron chi connectivity index (χ1n) is 5.26. The molecule has 0 radical (unpaired) electrons. The van der Waals surface area contributed by atoms with Crippen molar-refractivity contribution in [3.05, 3.63) is 39.5 Å². The normalized spacial score (nSPS) is 11.0. The molecular weight excluding hydrogens is 345 g/mol. The van der Waals surface area contributed by atoms with Crippen molar-refractivity contribution in [1.82, 2.24) is 0 Å². The van der Waals surface area contributed by atoms with Crippen molar-refractivity contribution in [2.24, 2.45) is 0 Å². The first-order chi connectivity index (χ1) is 8.47. The van der Waals surface area contributed by atoms with Gasteiger partial charge in [0.1, 0.15) is 0 Å². The Labute approximate surface area is 120 Å². The van der Waals surface area contributed by atoms with Crippen LogP contribution in [-0.4, -0.2) is 26.0 Å². The maximum absolute atomic E-state index is 12.1. The number of likely N-dealkylation sites (N-methyl/N-ethyl adjacent to an activating group) is 1. The van der Waals surface area contributed by atoms with E-state index in [9.17, 15) is 9.59 Å². The van der Waals surface area contributed by atoms with Crippen LogP contribution in [0.4, 0.5) is 5.69 Å². The topological polar surface area (TPSA) is 46.6 Å². The number of methoxy groups -OCH3 is 1. The number of rotatable bonds is 3. The van der Waals surface area contributed by atoms with E-state index in [-0.39, 0.29) is 5.91 Å². The van der Waals surface area contributed by atoms with Crippen LogP contribution in [0.25, 0.3) is 0 Å². The van der Waals surface area contributed by atoms with Gasteiger partial charge >= 0.3 is 5.97 Å². The summed E-state index contributed by atoms with van der Waals surface area (Å²) in [6.45, 7) is 1.59. The second-order valence-electron chi connectivity index (χ2n) is 3.67. The minimum atomic E-state index is -0.531. The van der Waals surface area contributed by atoms with Crippen LogP contribution in [0.15, 0.2) is 35.9 Å². The van der Waals surface area contributed by atoms with Crippen LogP contribution in [0.1, 0.15) is 6.92 Å². The lowest BCUT2D eigenvalue weighted by atomic mass is 10.2. The van der Waals surface area contributed by atoms with Gasteiger partial charge in [0.15, 0.2) is 0 Å². The summed E-state index contributed by atoms with van der Waals surface area (Å²) in [5, 5.41) is 0. The Hall–Kier alpha value is -1.37. The highest BCUT2D eigenvalue weighted by Crippen LogP contribution is 2.22. The SMILES string of the molecule is COC(=O)/C=C(\C)C(=O)N(C)c1ccccc1I. The van der Waals surface area contributed by atoms with Gasteiger partial charge in [0.2, 0.25) is 0 Å². The molecule has 0 aliphatic rings. The molecule has 18 heavy (non-hydrogen) atoms. The van der Waals surface area contributed by atoms with Crippen LogP contribution >= 0.6 is 22.6 Å². The van der Waals surface area contributed by atoms with E-state index in [0.717, 1.165) is 9.26 Å². The molecule has 0 saturated heterocycles. The molecule has 0 N–H and O–H groups in total. The predicted octanol–water partition coefficient (Wildman–Crippen LogP) is 2.37. The molecule has 0 unspecified atom stereocenters. The lowest BCUT2D eigenvalue weighted by molar-refractivity contribution is -0.135. The fraction of sp³-hybridized carbons (Fsp3) is 0.231. The van der Waals surface area contributed by atoms with Crippen LogP contribution in [0.3, 0.4) is 0 Å². The lowest BCUT2D eigenvalue weighted by Crippen LogP contribution is -2.28. The van der Waals surface area contributed by atoms with E-state index in [1.807, 2.05) is 24.3 Å². The Morgan fingerprint density at radius 3 is 2.50 bits per heavy atom. The number of halogens is 1. The van der Waals surface area contributed by atoms with E-state index in [0.29, 0.717) is 5.57 Å². The summed E-state index contributed by atoms with van der Waals surface area (Å²) in [6, 6.07) is 7.53. The monoisotopic (exact) mass is 359 g/mol. The third kappa shape index (κ3) is 3.56. The van der Waals surface area contributed by atoms with E-state index in [1.165, 1.54) is 18.1 Å². The first-order valence-corrected chi connectivity index (χ1v) is 6.34. The Kier molecular flexibility index (Phi) is 5.33. The molecule has 1 aromatic rings. The Bertz CT molecular complexity index is 497. The van der Waals surface area contributed by atoms with Gasteiger partial charge in [-0.1, -0.05) is 12.1 Å². The molecule has 1 rings (SSSR count). The van der Waals surface area contributed by atoms with Gasteiger partial charge in [0.25, 0.3) is 5.91 Å². The molecule has 0 aromatic heterocycles. The number of carbonyl (C=O) groups is 2. The summed E-state index contributed by atoms with van der Waals surface area (Å²) < 4.78 is 5.46. The molecule has 4 nitrogen and oxygen atoms in total. The van der Waals surface area contributed by atoms with E-state index in [1.54, 1.807) is 14.0 Å². The lowest BCUT2D eigenvalue weighted by Gasteiger charge is -2.18. The van der Waals surface area contributed by atoms with Gasteiger partial charge in [-0.25, -0.2) is 4.79 Å². The average Bonchev–Trinajstić information content (AvgIpc) is 2.37. The molecule has 0 saturated carbocycles. The van der Waals surface area contributed by atoms with Crippen molar-refractivity contribution in [1.29, 1.82) is 0 Å². The molecule has 96 valence electrons. The van der Waals surface area contributed by atoms with Crippen LogP contribution < -0.4 is 4.90 Å². The average molecular weight is 359 g/mol. The number of esters is 1. The van der Waals surface area contributed by atoms with Gasteiger partial charge in [-0.3, -0.25) is 4.79 Å². The molecule has 5 heteroatoms. The zero-order valence-corrected chi connectivity index (χ0v) is 12.6. The van der Waals surface area contributed by atoms with Crippen molar-refractivity contribution in [3.63, 3.8) is 0 Å². The number of hydrogen-bond acceptors (Lipinski definition) is 3. The Morgan fingerprint density at radius 1 is 1.33 bits per heavy atom. The minimum absolute atomic E-state index is 0.232. The van der Waals surface area contributed by atoms with E-state index in [2.05, 4.69) is 27.3 Å². The summed E-state index contributed by atoms with van der Waals surface area (Å²) in [5.41, 5.74) is 1.14. The number of hydrogen-bond donors (Lipinski definition) is 0. The predicted molar refractivity (Wildman–Crippen MR) is 78.3 cm³/mol. The number of carbonyl (C=O) groups excluding carboxylic acids is 2. The standard InChI is InChI=1S/C13H14INO3/c1-9(8-12(16)18-3)13(17)15(2)11-7-5-4-6-10(11)14/h4-8H,1-3H3/b9-8+. The number of nitrogens with zero attached hydrogens (tertiary/aromatic N) is 1. The third-order valence-corrected chi connectivity index (χ3v) is 3.30. The number of anilines is 1. The number of amides is 1. The quantitative estimate of drug-likeness (QED) is 0.473. The van der Waals surface area contributed by atoms with Gasteiger partial charge in [0.05, 0.1) is 12.8 Å². The van der Waals surface area contributed by atoms with Gasteiger partial charge in [-0.15, -0.1) is 0 Å². The number of ether oxygens (including phenoxy) is 1. The highest BCUT2D eigenvalue weighted by atomic mass is 127. The summed E-state index contributed by atoms with van der Waals surface area (Å²) in [4.78, 5) is 24.7. The fourth-order valence-corrected chi connectivity index (χ4v) is 2.14. The molecule has 0 aliphatic carbocycles. The second-order valence-corrected chi connectivity index (χ2v) is 4.83. The van der Waals surface area contributed by atoms with E-state index < -0.39 is 5.97 Å². The Balaban J connectivity index is 2.95. The van der Waals surface area contributed by atoms with Crippen LogP contribution in [0.2, 0.25) is 0 Å². The third-order valence-electron chi connectivity index (χ3n) is 2.39. The molecule has 0 bridgehead atoms. The van der Waals surface area contributed by atoms with Gasteiger partial charge in [0, 0.05) is 22.3 Å². The van der Waals surface area contributed by atoms with E-state index >= 15 is 0 Å². The van der Waals surface area contributed by atoms with Gasteiger partial charge in [-0.05, 0) is 41.6 Å². The second kappa shape index (κ2) is 6.53. The zero-order valence-electron chi connectivity index (χ0n) is 10.4. The molecule has 0 aliphatic heterocycles. The number of benzene rings is 1. The molecule has 1 amide bonds. The highest BCUT2D eigenvalue weighted by molar-refractivity contribution is 14.1. The first kappa shape index (κ1) is 14.7. The molecule has 0 atom stereocenters. The van der Waals surface area contributed by atoms with Crippen LogP contribution in [0, 0.1) is 3.57 Å². The van der Waals surface area contributed by atoms with Gasteiger partial charge in [-0.2, -0.15) is 0 Å². The fourth-order valence-electron chi connectivity index (χ4n) is 1.40. The summed E-state index contributed by atoms with van der Waals surface area (Å²) in [7, 11) is 2.95.